The average molecular weight is 322 g/mol. The number of carbonyl (C=O) groups is 2. The maximum atomic E-state index is 12.9. The van der Waals surface area contributed by atoms with Gasteiger partial charge in [-0.1, -0.05) is 0 Å². The summed E-state index contributed by atoms with van der Waals surface area (Å²) in [6, 6.07) is 5.51. The van der Waals surface area contributed by atoms with E-state index in [0.29, 0.717) is 38.2 Å². The number of benzene rings is 1. The number of nitrogens with zero attached hydrogens (tertiary/aromatic N) is 1. The molecule has 0 spiro atoms. The van der Waals surface area contributed by atoms with Crippen LogP contribution < -0.4 is 5.32 Å². The average Bonchev–Trinajstić information content (AvgIpc) is 2.56. The van der Waals surface area contributed by atoms with Crippen LogP contribution in [-0.4, -0.2) is 42.5 Å². The van der Waals surface area contributed by atoms with Gasteiger partial charge in [0.15, 0.2) is 0 Å². The Bertz CT molecular complexity index is 539. The number of nitrogens with one attached hydrogen (secondary N) is 1. The summed E-state index contributed by atoms with van der Waals surface area (Å²) >= 11 is 0. The van der Waals surface area contributed by atoms with Crippen LogP contribution in [0.25, 0.3) is 0 Å². The minimum Gasteiger partial charge on any atom is -0.466 e. The number of hydrogen-bond acceptors (Lipinski definition) is 4. The standard InChI is InChI=1S/C17H23FN2O3/c1-3-23-17(22)13-8-10-20(11-9-13)16(21)12(2)19-15-6-4-14(18)5-7-15/h4-7,12-13,19H,3,8-11H2,1-2H3. The zero-order valence-electron chi connectivity index (χ0n) is 13.5. The summed E-state index contributed by atoms with van der Waals surface area (Å²) in [4.78, 5) is 25.9. The minimum atomic E-state index is -0.403. The molecule has 5 nitrogen and oxygen atoms in total. The summed E-state index contributed by atoms with van der Waals surface area (Å²) in [6.45, 7) is 5.06. The third-order valence-electron chi connectivity index (χ3n) is 4.02. The van der Waals surface area contributed by atoms with E-state index in [4.69, 9.17) is 4.74 Å². The first-order chi connectivity index (χ1) is 11.0. The lowest BCUT2D eigenvalue weighted by Gasteiger charge is -2.33. The number of piperidine rings is 1. The Hall–Kier alpha value is -2.11. The molecule has 23 heavy (non-hydrogen) atoms. The fourth-order valence-electron chi connectivity index (χ4n) is 2.73. The molecule has 0 aliphatic carbocycles. The minimum absolute atomic E-state index is 0.0170. The monoisotopic (exact) mass is 322 g/mol. The van der Waals surface area contributed by atoms with Crippen molar-refractivity contribution in [3.8, 4) is 0 Å². The van der Waals surface area contributed by atoms with Crippen LogP contribution >= 0.6 is 0 Å². The van der Waals surface area contributed by atoms with E-state index in [1.165, 1.54) is 12.1 Å². The molecule has 0 saturated carbocycles. The number of esters is 1. The van der Waals surface area contributed by atoms with Crippen LogP contribution in [0.1, 0.15) is 26.7 Å². The van der Waals surface area contributed by atoms with Gasteiger partial charge in [0.05, 0.1) is 12.5 Å². The lowest BCUT2D eigenvalue weighted by atomic mass is 9.96. The molecule has 1 unspecified atom stereocenters. The molecule has 0 aromatic heterocycles. The maximum Gasteiger partial charge on any atom is 0.309 e. The highest BCUT2D eigenvalue weighted by molar-refractivity contribution is 5.84. The molecular weight excluding hydrogens is 299 g/mol. The molecule has 1 aliphatic heterocycles. The Kier molecular flexibility index (Phi) is 5.96. The molecule has 1 N–H and O–H groups in total. The number of hydrogen-bond donors (Lipinski definition) is 1. The summed E-state index contributed by atoms with van der Waals surface area (Å²) in [7, 11) is 0. The molecule has 1 aromatic carbocycles. The highest BCUT2D eigenvalue weighted by atomic mass is 19.1. The molecule has 1 heterocycles. The van der Waals surface area contributed by atoms with Gasteiger partial charge in [0.2, 0.25) is 5.91 Å². The van der Waals surface area contributed by atoms with Gasteiger partial charge in [-0.25, -0.2) is 4.39 Å². The predicted molar refractivity (Wildman–Crippen MR) is 85.4 cm³/mol. The topological polar surface area (TPSA) is 58.6 Å². The van der Waals surface area contributed by atoms with Gasteiger partial charge in [-0.3, -0.25) is 9.59 Å². The summed E-state index contributed by atoms with van der Waals surface area (Å²) in [6.07, 6.45) is 1.27. The summed E-state index contributed by atoms with van der Waals surface area (Å²) < 4.78 is 17.9. The van der Waals surface area contributed by atoms with E-state index < -0.39 is 6.04 Å². The van der Waals surface area contributed by atoms with Crippen molar-refractivity contribution in [1.82, 2.24) is 4.90 Å². The molecule has 1 aromatic rings. The first-order valence-corrected chi connectivity index (χ1v) is 7.98. The van der Waals surface area contributed by atoms with Crippen LogP contribution in [-0.2, 0) is 14.3 Å². The lowest BCUT2D eigenvalue weighted by Crippen LogP contribution is -2.46. The first-order valence-electron chi connectivity index (χ1n) is 7.98. The van der Waals surface area contributed by atoms with E-state index in [-0.39, 0.29) is 23.6 Å². The van der Waals surface area contributed by atoms with Crippen LogP contribution in [0.3, 0.4) is 0 Å². The molecule has 1 atom stereocenters. The largest absolute Gasteiger partial charge is 0.466 e. The number of amides is 1. The van der Waals surface area contributed by atoms with Gasteiger partial charge in [0, 0.05) is 18.8 Å². The number of ether oxygens (including phenoxy) is 1. The SMILES string of the molecule is CCOC(=O)C1CCN(C(=O)C(C)Nc2ccc(F)cc2)CC1. The smallest absolute Gasteiger partial charge is 0.309 e. The van der Waals surface area contributed by atoms with Crippen molar-refractivity contribution in [2.45, 2.75) is 32.7 Å². The second kappa shape index (κ2) is 7.94. The van der Waals surface area contributed by atoms with E-state index in [9.17, 15) is 14.0 Å². The van der Waals surface area contributed by atoms with Crippen LogP contribution in [0.4, 0.5) is 10.1 Å². The zero-order valence-corrected chi connectivity index (χ0v) is 13.5. The molecule has 1 amide bonds. The number of likely N-dealkylation sites (tertiary alicyclic amines) is 1. The molecule has 6 heteroatoms. The number of rotatable bonds is 5. The Balaban J connectivity index is 1.84. The highest BCUT2D eigenvalue weighted by Crippen LogP contribution is 2.20. The van der Waals surface area contributed by atoms with Crippen molar-refractivity contribution in [2.24, 2.45) is 5.92 Å². The molecule has 126 valence electrons. The van der Waals surface area contributed by atoms with Gasteiger partial charge in [-0.2, -0.15) is 0 Å². The van der Waals surface area contributed by atoms with Crippen molar-refractivity contribution in [1.29, 1.82) is 0 Å². The van der Waals surface area contributed by atoms with E-state index in [1.54, 1.807) is 30.9 Å². The van der Waals surface area contributed by atoms with Crippen molar-refractivity contribution in [3.05, 3.63) is 30.1 Å². The van der Waals surface area contributed by atoms with Crippen molar-refractivity contribution < 1.29 is 18.7 Å². The molecule has 1 fully saturated rings. The van der Waals surface area contributed by atoms with Gasteiger partial charge in [-0.05, 0) is 51.0 Å². The summed E-state index contributed by atoms with van der Waals surface area (Å²) in [5.74, 6) is -0.608. The number of carbonyl (C=O) groups excluding carboxylic acids is 2. The molecule has 1 saturated heterocycles. The molecule has 0 bridgehead atoms. The van der Waals surface area contributed by atoms with Gasteiger partial charge >= 0.3 is 5.97 Å². The van der Waals surface area contributed by atoms with Gasteiger partial charge in [0.1, 0.15) is 11.9 Å². The van der Waals surface area contributed by atoms with Crippen molar-refractivity contribution in [3.63, 3.8) is 0 Å². The Morgan fingerprint density at radius 1 is 1.30 bits per heavy atom. The molecule has 2 rings (SSSR count). The van der Waals surface area contributed by atoms with Crippen molar-refractivity contribution >= 4 is 17.6 Å². The predicted octanol–water partition coefficient (Wildman–Crippen LogP) is 2.43. The van der Waals surface area contributed by atoms with Gasteiger partial charge < -0.3 is 15.0 Å². The molecule has 1 aliphatic rings. The Labute approximate surface area is 135 Å². The second-order valence-electron chi connectivity index (χ2n) is 5.72. The highest BCUT2D eigenvalue weighted by Gasteiger charge is 2.29. The molecule has 0 radical (unpaired) electrons. The van der Waals surface area contributed by atoms with Gasteiger partial charge in [-0.15, -0.1) is 0 Å². The normalized spacial score (nSPS) is 16.7. The van der Waals surface area contributed by atoms with Crippen LogP contribution in [0.15, 0.2) is 24.3 Å². The third-order valence-corrected chi connectivity index (χ3v) is 4.02. The Morgan fingerprint density at radius 3 is 2.48 bits per heavy atom. The maximum absolute atomic E-state index is 12.9. The van der Waals surface area contributed by atoms with Crippen LogP contribution in [0.2, 0.25) is 0 Å². The van der Waals surface area contributed by atoms with Gasteiger partial charge in [0.25, 0.3) is 0 Å². The Morgan fingerprint density at radius 2 is 1.91 bits per heavy atom. The summed E-state index contributed by atoms with van der Waals surface area (Å²) in [5, 5.41) is 3.07. The van der Waals surface area contributed by atoms with E-state index in [1.807, 2.05) is 0 Å². The van der Waals surface area contributed by atoms with E-state index in [2.05, 4.69) is 5.32 Å². The quantitative estimate of drug-likeness (QED) is 0.846. The number of anilines is 1. The number of halogens is 1. The zero-order chi connectivity index (χ0) is 16.8. The van der Waals surface area contributed by atoms with E-state index in [0.717, 1.165) is 0 Å². The van der Waals surface area contributed by atoms with Crippen LogP contribution in [0, 0.1) is 11.7 Å². The lowest BCUT2D eigenvalue weighted by molar-refractivity contribution is -0.151. The molecular formula is C17H23FN2O3. The fourth-order valence-corrected chi connectivity index (χ4v) is 2.73. The van der Waals surface area contributed by atoms with Crippen LogP contribution in [0.5, 0.6) is 0 Å². The second-order valence-corrected chi connectivity index (χ2v) is 5.72. The third kappa shape index (κ3) is 4.68. The van der Waals surface area contributed by atoms with E-state index >= 15 is 0 Å². The summed E-state index contributed by atoms with van der Waals surface area (Å²) in [5.41, 5.74) is 0.702. The van der Waals surface area contributed by atoms with Crippen molar-refractivity contribution in [2.75, 3.05) is 25.0 Å². The fraction of sp³-hybridized carbons (Fsp3) is 0.529. The first kappa shape index (κ1) is 17.2.